The van der Waals surface area contributed by atoms with Gasteiger partial charge in [-0.05, 0) is 25.1 Å². The van der Waals surface area contributed by atoms with Gasteiger partial charge in [0.25, 0.3) is 0 Å². The van der Waals surface area contributed by atoms with Crippen LogP contribution >= 0.6 is 11.6 Å². The molecule has 1 aliphatic heterocycles. The van der Waals surface area contributed by atoms with E-state index in [9.17, 15) is 0 Å². The molecule has 0 amide bonds. The summed E-state index contributed by atoms with van der Waals surface area (Å²) in [5.74, 6) is 1.82. The van der Waals surface area contributed by atoms with E-state index in [-0.39, 0.29) is 5.92 Å². The molecular weight excluding hydrogens is 306 g/mol. The molecule has 1 aliphatic rings. The monoisotopic (exact) mass is 323 g/mol. The van der Waals surface area contributed by atoms with E-state index < -0.39 is 0 Å². The van der Waals surface area contributed by atoms with Gasteiger partial charge in [-0.1, -0.05) is 16.8 Å². The molecule has 1 aromatic carbocycles. The highest BCUT2D eigenvalue weighted by Crippen LogP contribution is 2.30. The molecule has 1 saturated heterocycles. The zero-order valence-corrected chi connectivity index (χ0v) is 13.1. The summed E-state index contributed by atoms with van der Waals surface area (Å²) in [6, 6.07) is 5.46. The summed E-state index contributed by atoms with van der Waals surface area (Å²) >= 11 is 6.19. The molecule has 3 rings (SSSR count). The first-order valence-electron chi connectivity index (χ1n) is 7.32. The number of aromatic nitrogens is 2. The summed E-state index contributed by atoms with van der Waals surface area (Å²) < 4.78 is 16.3. The Balaban J connectivity index is 1.79. The normalized spacial score (nSPS) is 18.9. The molecule has 6 nitrogen and oxygen atoms in total. The molecular formula is C15H18ClN3O3. The van der Waals surface area contributed by atoms with E-state index >= 15 is 0 Å². The van der Waals surface area contributed by atoms with Crippen molar-refractivity contribution in [3.05, 3.63) is 29.1 Å². The summed E-state index contributed by atoms with van der Waals surface area (Å²) in [6.07, 6.45) is 0. The zero-order valence-electron chi connectivity index (χ0n) is 12.3. The Kier molecular flexibility index (Phi) is 4.92. The molecule has 1 fully saturated rings. The van der Waals surface area contributed by atoms with Crippen LogP contribution in [0.3, 0.4) is 0 Å². The molecule has 1 atom stereocenters. The summed E-state index contributed by atoms with van der Waals surface area (Å²) in [5.41, 5.74) is 0.797. The van der Waals surface area contributed by atoms with Gasteiger partial charge in [0.1, 0.15) is 5.75 Å². The first kappa shape index (κ1) is 15.3. The van der Waals surface area contributed by atoms with Gasteiger partial charge in [-0.25, -0.2) is 0 Å². The van der Waals surface area contributed by atoms with E-state index in [1.807, 2.05) is 19.1 Å². The van der Waals surface area contributed by atoms with Crippen molar-refractivity contribution in [2.24, 2.45) is 0 Å². The van der Waals surface area contributed by atoms with Gasteiger partial charge in [-0.3, -0.25) is 0 Å². The lowest BCUT2D eigenvalue weighted by Crippen LogP contribution is -2.21. The van der Waals surface area contributed by atoms with Crippen LogP contribution in [0.1, 0.15) is 18.7 Å². The molecule has 7 heteroatoms. The first-order chi connectivity index (χ1) is 10.8. The SMILES string of the molecule is CCOc1ccc(-c2noc(C3CNCCOC3)n2)cc1Cl. The van der Waals surface area contributed by atoms with Gasteiger partial charge >= 0.3 is 0 Å². The lowest BCUT2D eigenvalue weighted by molar-refractivity contribution is 0.133. The van der Waals surface area contributed by atoms with Crippen LogP contribution in [0, 0.1) is 0 Å². The van der Waals surface area contributed by atoms with E-state index in [4.69, 9.17) is 25.6 Å². The number of hydrogen-bond donors (Lipinski definition) is 1. The summed E-state index contributed by atoms with van der Waals surface area (Å²) in [6.45, 7) is 5.38. The van der Waals surface area contributed by atoms with Gasteiger partial charge in [-0.15, -0.1) is 0 Å². The van der Waals surface area contributed by atoms with Crippen molar-refractivity contribution in [3.63, 3.8) is 0 Å². The smallest absolute Gasteiger partial charge is 0.233 e. The van der Waals surface area contributed by atoms with Crippen LogP contribution in [0.15, 0.2) is 22.7 Å². The highest BCUT2D eigenvalue weighted by atomic mass is 35.5. The van der Waals surface area contributed by atoms with Crippen LogP contribution in [0.2, 0.25) is 5.02 Å². The van der Waals surface area contributed by atoms with Crippen molar-refractivity contribution in [1.29, 1.82) is 0 Å². The molecule has 0 radical (unpaired) electrons. The number of nitrogens with one attached hydrogen (secondary N) is 1. The number of nitrogens with zero attached hydrogens (tertiary/aromatic N) is 2. The van der Waals surface area contributed by atoms with Crippen LogP contribution in [0.4, 0.5) is 0 Å². The van der Waals surface area contributed by atoms with Gasteiger partial charge < -0.3 is 19.3 Å². The molecule has 1 aromatic heterocycles. The number of rotatable bonds is 4. The molecule has 2 heterocycles. The fraction of sp³-hybridized carbons (Fsp3) is 0.467. The average Bonchev–Trinajstić information content (AvgIpc) is 2.85. The third-order valence-corrected chi connectivity index (χ3v) is 3.71. The topological polar surface area (TPSA) is 69.4 Å². The lowest BCUT2D eigenvalue weighted by Gasteiger charge is -2.07. The molecule has 1 N–H and O–H groups in total. The second-order valence-electron chi connectivity index (χ2n) is 5.01. The Labute approximate surface area is 133 Å². The van der Waals surface area contributed by atoms with Crippen molar-refractivity contribution >= 4 is 11.6 Å². The lowest BCUT2D eigenvalue weighted by atomic mass is 10.1. The zero-order chi connectivity index (χ0) is 15.4. The Hall–Kier alpha value is -1.63. The second kappa shape index (κ2) is 7.09. The van der Waals surface area contributed by atoms with Gasteiger partial charge in [-0.2, -0.15) is 4.98 Å². The highest BCUT2D eigenvalue weighted by molar-refractivity contribution is 6.32. The van der Waals surface area contributed by atoms with E-state index in [0.29, 0.717) is 42.3 Å². The predicted molar refractivity (Wildman–Crippen MR) is 82.3 cm³/mol. The van der Waals surface area contributed by atoms with E-state index in [1.54, 1.807) is 6.07 Å². The maximum atomic E-state index is 6.19. The van der Waals surface area contributed by atoms with Crippen molar-refractivity contribution < 1.29 is 14.0 Å². The average molecular weight is 324 g/mol. The largest absolute Gasteiger partial charge is 0.492 e. The molecule has 0 spiro atoms. The van der Waals surface area contributed by atoms with E-state index in [0.717, 1.165) is 18.7 Å². The second-order valence-corrected chi connectivity index (χ2v) is 5.42. The maximum Gasteiger partial charge on any atom is 0.233 e. The number of hydrogen-bond acceptors (Lipinski definition) is 6. The number of halogens is 1. The van der Waals surface area contributed by atoms with Crippen molar-refractivity contribution in [2.75, 3.05) is 32.9 Å². The molecule has 0 bridgehead atoms. The van der Waals surface area contributed by atoms with Crippen LogP contribution < -0.4 is 10.1 Å². The predicted octanol–water partition coefficient (Wildman–Crippen LogP) is 2.49. The van der Waals surface area contributed by atoms with Crippen LogP contribution in [0.25, 0.3) is 11.4 Å². The summed E-state index contributed by atoms with van der Waals surface area (Å²) in [7, 11) is 0. The van der Waals surface area contributed by atoms with Crippen LogP contribution in [-0.4, -0.2) is 43.1 Å². The standard InChI is InChI=1S/C15H18ClN3O3/c1-2-21-13-4-3-10(7-12(13)16)14-18-15(22-19-14)11-8-17-5-6-20-9-11/h3-4,7,11,17H,2,5-6,8-9H2,1H3. The molecule has 22 heavy (non-hydrogen) atoms. The Morgan fingerprint density at radius 3 is 3.18 bits per heavy atom. The van der Waals surface area contributed by atoms with Gasteiger partial charge in [0, 0.05) is 18.7 Å². The van der Waals surface area contributed by atoms with Crippen LogP contribution in [-0.2, 0) is 4.74 Å². The van der Waals surface area contributed by atoms with E-state index in [1.165, 1.54) is 0 Å². The summed E-state index contributed by atoms with van der Waals surface area (Å²) in [5, 5.41) is 7.86. The maximum absolute atomic E-state index is 6.19. The Bertz CT molecular complexity index is 624. The minimum atomic E-state index is 0.0712. The van der Waals surface area contributed by atoms with Gasteiger partial charge in [0.2, 0.25) is 11.7 Å². The Morgan fingerprint density at radius 2 is 2.36 bits per heavy atom. The fourth-order valence-electron chi connectivity index (χ4n) is 2.29. The first-order valence-corrected chi connectivity index (χ1v) is 7.70. The van der Waals surface area contributed by atoms with Crippen molar-refractivity contribution in [2.45, 2.75) is 12.8 Å². The fourth-order valence-corrected chi connectivity index (χ4v) is 2.53. The quantitative estimate of drug-likeness (QED) is 0.932. The molecule has 0 aliphatic carbocycles. The highest BCUT2D eigenvalue weighted by Gasteiger charge is 2.21. The van der Waals surface area contributed by atoms with Crippen molar-refractivity contribution in [3.8, 4) is 17.1 Å². The molecule has 1 unspecified atom stereocenters. The molecule has 118 valence electrons. The number of benzene rings is 1. The third-order valence-electron chi connectivity index (χ3n) is 3.41. The van der Waals surface area contributed by atoms with Crippen LogP contribution in [0.5, 0.6) is 5.75 Å². The Morgan fingerprint density at radius 1 is 1.45 bits per heavy atom. The third kappa shape index (κ3) is 3.40. The number of ether oxygens (including phenoxy) is 2. The van der Waals surface area contributed by atoms with Gasteiger partial charge in [0.15, 0.2) is 0 Å². The van der Waals surface area contributed by atoms with Gasteiger partial charge in [0.05, 0.1) is 30.8 Å². The minimum Gasteiger partial charge on any atom is -0.492 e. The van der Waals surface area contributed by atoms with Crippen molar-refractivity contribution in [1.82, 2.24) is 15.5 Å². The van der Waals surface area contributed by atoms with E-state index in [2.05, 4.69) is 15.5 Å². The summed E-state index contributed by atoms with van der Waals surface area (Å²) in [4.78, 5) is 4.47. The molecule has 0 saturated carbocycles. The minimum absolute atomic E-state index is 0.0712. The molecule has 2 aromatic rings.